The molecule has 1 aliphatic heterocycles. The van der Waals surface area contributed by atoms with Gasteiger partial charge in [0, 0.05) is 18.4 Å². The van der Waals surface area contributed by atoms with Crippen LogP contribution in [0, 0.1) is 11.7 Å². The molecule has 2 atom stereocenters. The molecule has 1 aliphatic rings. The molecule has 40 heavy (non-hydrogen) atoms. The smallest absolute Gasteiger partial charge is 0.396 e. The molecule has 3 rings (SSSR count). The topological polar surface area (TPSA) is 138 Å². The van der Waals surface area contributed by atoms with E-state index in [2.05, 4.69) is 0 Å². The maximum absolute atomic E-state index is 13.6. The zero-order valence-corrected chi connectivity index (χ0v) is 21.2. The van der Waals surface area contributed by atoms with Crippen molar-refractivity contribution in [3.8, 4) is 0 Å². The number of aliphatic hydroxyl groups excluding tert-OH is 1. The fraction of sp³-hybridized carbons (Fsp3) is 0.417. The van der Waals surface area contributed by atoms with Crippen molar-refractivity contribution in [1.82, 2.24) is 0 Å². The van der Waals surface area contributed by atoms with E-state index in [9.17, 15) is 59.0 Å². The first kappa shape index (κ1) is 31.3. The standard InChI is InChI=1S/C24H23F7N2O6S/c25-16-3-6-19(7-4-16)40(38,39)33-17(11-18(35)10-14(12-34)21(32)36)5-1-13-9-15(2-8-20(13)33)22(37,23(26,27)28)24(29,30)31/h2-4,6-9,14,17,34,37H,1,5,10-12H2,(H2,32,36)/t14-,17-/m0/s1. The highest BCUT2D eigenvalue weighted by Crippen LogP contribution is 2.51. The summed E-state index contributed by atoms with van der Waals surface area (Å²) in [4.78, 5) is 23.6. The van der Waals surface area contributed by atoms with E-state index < -0.39 is 87.4 Å². The molecular weight excluding hydrogens is 577 g/mol. The summed E-state index contributed by atoms with van der Waals surface area (Å²) >= 11 is 0. The van der Waals surface area contributed by atoms with Gasteiger partial charge in [0.15, 0.2) is 0 Å². The van der Waals surface area contributed by atoms with E-state index in [0.717, 1.165) is 24.3 Å². The zero-order valence-electron chi connectivity index (χ0n) is 20.3. The van der Waals surface area contributed by atoms with Crippen molar-refractivity contribution < 1.29 is 59.0 Å². The van der Waals surface area contributed by atoms with Crippen LogP contribution in [0.4, 0.5) is 36.4 Å². The molecule has 0 aliphatic carbocycles. The highest BCUT2D eigenvalue weighted by atomic mass is 32.2. The van der Waals surface area contributed by atoms with Gasteiger partial charge in [0.1, 0.15) is 11.6 Å². The summed E-state index contributed by atoms with van der Waals surface area (Å²) in [5.74, 6) is -3.76. The number of fused-ring (bicyclic) bond motifs is 1. The lowest BCUT2D eigenvalue weighted by atomic mass is 9.87. The van der Waals surface area contributed by atoms with Crippen molar-refractivity contribution >= 4 is 27.4 Å². The molecule has 0 spiro atoms. The predicted octanol–water partition coefficient (Wildman–Crippen LogP) is 3.09. The molecule has 0 bridgehead atoms. The molecule has 0 saturated carbocycles. The molecule has 0 fully saturated rings. The van der Waals surface area contributed by atoms with Gasteiger partial charge in [0.05, 0.1) is 29.1 Å². The number of primary amides is 1. The Hall–Kier alpha value is -3.24. The van der Waals surface area contributed by atoms with E-state index in [4.69, 9.17) is 5.73 Å². The molecule has 8 nitrogen and oxygen atoms in total. The number of nitrogens with zero attached hydrogens (tertiary/aromatic N) is 1. The third kappa shape index (κ3) is 5.78. The summed E-state index contributed by atoms with van der Waals surface area (Å²) in [6.45, 7) is -0.768. The molecule has 0 aromatic heterocycles. The predicted molar refractivity (Wildman–Crippen MR) is 125 cm³/mol. The van der Waals surface area contributed by atoms with Gasteiger partial charge >= 0.3 is 12.4 Å². The van der Waals surface area contributed by atoms with Crippen LogP contribution in [0.5, 0.6) is 0 Å². The van der Waals surface area contributed by atoms with E-state index in [-0.39, 0.29) is 30.2 Å². The van der Waals surface area contributed by atoms with Crippen molar-refractivity contribution in [1.29, 1.82) is 0 Å². The summed E-state index contributed by atoms with van der Waals surface area (Å²) in [7, 11) is -4.68. The van der Waals surface area contributed by atoms with Crippen LogP contribution in [0.3, 0.4) is 0 Å². The van der Waals surface area contributed by atoms with Gasteiger partial charge < -0.3 is 15.9 Å². The van der Waals surface area contributed by atoms with Gasteiger partial charge in [-0.2, -0.15) is 26.3 Å². The van der Waals surface area contributed by atoms with Crippen LogP contribution in [0.1, 0.15) is 30.4 Å². The maximum Gasteiger partial charge on any atom is 0.430 e. The summed E-state index contributed by atoms with van der Waals surface area (Å²) in [5.41, 5.74) is -2.39. The van der Waals surface area contributed by atoms with Crippen molar-refractivity contribution in [3.05, 3.63) is 59.4 Å². The number of ketones is 1. The largest absolute Gasteiger partial charge is 0.430 e. The van der Waals surface area contributed by atoms with Crippen molar-refractivity contribution in [2.24, 2.45) is 11.7 Å². The van der Waals surface area contributed by atoms with Gasteiger partial charge in [0.25, 0.3) is 15.6 Å². The van der Waals surface area contributed by atoms with E-state index >= 15 is 0 Å². The minimum absolute atomic E-state index is 0.264. The summed E-state index contributed by atoms with van der Waals surface area (Å²) in [5, 5.41) is 19.1. The molecule has 0 unspecified atom stereocenters. The van der Waals surface area contributed by atoms with Crippen LogP contribution in [0.15, 0.2) is 47.4 Å². The van der Waals surface area contributed by atoms with Crippen molar-refractivity contribution in [2.75, 3.05) is 10.9 Å². The lowest BCUT2D eigenvalue weighted by Gasteiger charge is -2.39. The number of anilines is 1. The fourth-order valence-electron chi connectivity index (χ4n) is 4.46. The quantitative estimate of drug-likeness (QED) is 0.379. The van der Waals surface area contributed by atoms with Gasteiger partial charge in [-0.15, -0.1) is 0 Å². The van der Waals surface area contributed by atoms with E-state index in [1.165, 1.54) is 0 Å². The molecule has 0 radical (unpaired) electrons. The van der Waals surface area contributed by atoms with Gasteiger partial charge in [-0.3, -0.25) is 13.9 Å². The SMILES string of the molecule is NC(=O)[C@H](CO)CC(=O)C[C@@H]1CCc2cc(C(O)(C(F)(F)F)C(F)(F)F)ccc2N1S(=O)(=O)c1ccc(F)cc1. The van der Waals surface area contributed by atoms with Gasteiger partial charge in [-0.25, -0.2) is 12.8 Å². The number of alkyl halides is 6. The van der Waals surface area contributed by atoms with E-state index in [1.807, 2.05) is 0 Å². The number of nitrogens with two attached hydrogens (primary N) is 1. The number of halogens is 7. The first-order chi connectivity index (χ1) is 18.3. The molecule has 220 valence electrons. The van der Waals surface area contributed by atoms with Crippen LogP contribution in [-0.2, 0) is 31.6 Å². The molecular formula is C24H23F7N2O6S. The summed E-state index contributed by atoms with van der Waals surface area (Å²) in [6, 6.07) is 3.50. The molecule has 0 saturated heterocycles. The maximum atomic E-state index is 13.6. The number of aliphatic hydroxyl groups is 2. The Morgan fingerprint density at radius 1 is 1.02 bits per heavy atom. The number of Topliss-reactive ketones (excluding diaryl/α,β-unsaturated/α-hetero) is 1. The van der Waals surface area contributed by atoms with E-state index in [1.54, 1.807) is 0 Å². The second-order valence-electron chi connectivity index (χ2n) is 9.23. The first-order valence-corrected chi connectivity index (χ1v) is 13.0. The average molecular weight is 601 g/mol. The van der Waals surface area contributed by atoms with Gasteiger partial charge in [-0.1, -0.05) is 12.1 Å². The number of hydrogen-bond donors (Lipinski definition) is 3. The normalized spacial score (nSPS) is 17.3. The Balaban J connectivity index is 2.13. The monoisotopic (exact) mass is 600 g/mol. The number of carbonyl (C=O) groups is 2. The van der Waals surface area contributed by atoms with Crippen LogP contribution in [-0.4, -0.2) is 55.3 Å². The van der Waals surface area contributed by atoms with Crippen LogP contribution in [0.2, 0.25) is 0 Å². The Bertz CT molecular complexity index is 1360. The number of benzene rings is 2. The minimum atomic E-state index is -6.17. The molecule has 16 heteroatoms. The lowest BCUT2D eigenvalue weighted by Crippen LogP contribution is -2.54. The third-order valence-electron chi connectivity index (χ3n) is 6.56. The Morgan fingerprint density at radius 3 is 2.10 bits per heavy atom. The third-order valence-corrected chi connectivity index (χ3v) is 8.44. The fourth-order valence-corrected chi connectivity index (χ4v) is 6.17. The minimum Gasteiger partial charge on any atom is -0.396 e. The molecule has 1 heterocycles. The Kier molecular flexibility index (Phi) is 8.58. The second-order valence-corrected chi connectivity index (χ2v) is 11.0. The zero-order chi connectivity index (χ0) is 30.3. The average Bonchev–Trinajstić information content (AvgIpc) is 2.84. The van der Waals surface area contributed by atoms with Gasteiger partial charge in [-0.05, 0) is 48.7 Å². The number of sulfonamides is 1. The second kappa shape index (κ2) is 11.0. The van der Waals surface area contributed by atoms with Crippen molar-refractivity contribution in [3.63, 3.8) is 0 Å². The molecule has 4 N–H and O–H groups in total. The molecule has 2 aromatic carbocycles. The Labute approximate surface area is 223 Å². The summed E-state index contributed by atoms with van der Waals surface area (Å²) in [6.07, 6.45) is -14.0. The Morgan fingerprint density at radius 2 is 1.60 bits per heavy atom. The molecule has 1 amide bonds. The van der Waals surface area contributed by atoms with Crippen molar-refractivity contribution in [2.45, 2.75) is 54.6 Å². The number of rotatable bonds is 9. The van der Waals surface area contributed by atoms with E-state index in [0.29, 0.717) is 16.4 Å². The number of carbonyl (C=O) groups excluding carboxylic acids is 2. The lowest BCUT2D eigenvalue weighted by molar-refractivity contribution is -0.376. The summed E-state index contributed by atoms with van der Waals surface area (Å²) < 4.78 is 122. The number of amides is 1. The first-order valence-electron chi connectivity index (χ1n) is 11.6. The van der Waals surface area contributed by atoms with Crippen LogP contribution >= 0.6 is 0 Å². The van der Waals surface area contributed by atoms with Gasteiger partial charge in [0.2, 0.25) is 5.91 Å². The van der Waals surface area contributed by atoms with Crippen LogP contribution in [0.25, 0.3) is 0 Å². The number of aryl methyl sites for hydroxylation is 1. The number of hydrogen-bond acceptors (Lipinski definition) is 6. The molecule has 2 aromatic rings. The highest BCUT2D eigenvalue weighted by molar-refractivity contribution is 7.92. The van der Waals surface area contributed by atoms with Crippen LogP contribution < -0.4 is 10.0 Å². The highest BCUT2D eigenvalue weighted by Gasteiger charge is 2.71.